The Bertz CT molecular complexity index is 1040. The largest absolute Gasteiger partial charge is 0.497 e. The van der Waals surface area contributed by atoms with E-state index in [0.29, 0.717) is 22.1 Å². The van der Waals surface area contributed by atoms with Gasteiger partial charge in [0, 0.05) is 16.6 Å². The summed E-state index contributed by atoms with van der Waals surface area (Å²) < 4.78 is 37.8. The molecule has 0 atom stereocenters. The van der Waals surface area contributed by atoms with Gasteiger partial charge < -0.3 is 10.1 Å². The van der Waals surface area contributed by atoms with Crippen molar-refractivity contribution >= 4 is 32.5 Å². The standard InChI is InChI=1S/C18H15NO5S/c1-24-15-8-6-12(7-9-15)18(20)19-14-10-13-4-2-3-5-16(13)17(11-14)25(21,22)23/h2-11H,1H3,(H,19,20)(H,21,22,23). The summed E-state index contributed by atoms with van der Waals surface area (Å²) in [5, 5.41) is 3.61. The highest BCUT2D eigenvalue weighted by Crippen LogP contribution is 2.27. The smallest absolute Gasteiger partial charge is 0.295 e. The quantitative estimate of drug-likeness (QED) is 0.699. The van der Waals surface area contributed by atoms with E-state index < -0.39 is 16.0 Å². The second-order valence-electron chi connectivity index (χ2n) is 5.35. The molecule has 0 saturated heterocycles. The van der Waals surface area contributed by atoms with Gasteiger partial charge in [-0.15, -0.1) is 0 Å². The van der Waals surface area contributed by atoms with Crippen molar-refractivity contribution in [2.75, 3.05) is 12.4 Å². The minimum atomic E-state index is -4.43. The molecule has 6 nitrogen and oxygen atoms in total. The Morgan fingerprint density at radius 3 is 2.36 bits per heavy atom. The van der Waals surface area contributed by atoms with Crippen LogP contribution in [0.4, 0.5) is 5.69 Å². The van der Waals surface area contributed by atoms with Crippen LogP contribution < -0.4 is 10.1 Å². The molecule has 0 fully saturated rings. The third kappa shape index (κ3) is 3.62. The first-order valence-corrected chi connectivity index (χ1v) is 8.78. The van der Waals surface area contributed by atoms with Crippen LogP contribution in [-0.2, 0) is 10.1 Å². The van der Waals surface area contributed by atoms with E-state index in [-0.39, 0.29) is 10.6 Å². The highest BCUT2D eigenvalue weighted by molar-refractivity contribution is 7.86. The fourth-order valence-corrected chi connectivity index (χ4v) is 3.25. The average molecular weight is 357 g/mol. The number of carbonyl (C=O) groups is 1. The van der Waals surface area contributed by atoms with Gasteiger partial charge in [0.2, 0.25) is 0 Å². The molecule has 3 aromatic carbocycles. The average Bonchev–Trinajstić information content (AvgIpc) is 2.60. The maximum Gasteiger partial charge on any atom is 0.295 e. The molecule has 0 aliphatic rings. The number of amides is 1. The van der Waals surface area contributed by atoms with Crippen LogP contribution in [0.5, 0.6) is 5.75 Å². The topological polar surface area (TPSA) is 92.7 Å². The fourth-order valence-electron chi connectivity index (χ4n) is 2.51. The molecule has 0 aromatic heterocycles. The van der Waals surface area contributed by atoms with Crippen molar-refractivity contribution in [1.29, 1.82) is 0 Å². The van der Waals surface area contributed by atoms with Crippen molar-refractivity contribution in [2.24, 2.45) is 0 Å². The Hall–Kier alpha value is -2.90. The van der Waals surface area contributed by atoms with Crippen molar-refractivity contribution in [3.8, 4) is 5.75 Å². The lowest BCUT2D eigenvalue weighted by atomic mass is 10.1. The number of carbonyl (C=O) groups excluding carboxylic acids is 1. The second-order valence-corrected chi connectivity index (χ2v) is 6.74. The van der Waals surface area contributed by atoms with Crippen LogP contribution in [0.3, 0.4) is 0 Å². The third-order valence-electron chi connectivity index (χ3n) is 3.71. The highest BCUT2D eigenvalue weighted by Gasteiger charge is 2.16. The fraction of sp³-hybridized carbons (Fsp3) is 0.0556. The van der Waals surface area contributed by atoms with Crippen LogP contribution >= 0.6 is 0 Å². The molecule has 25 heavy (non-hydrogen) atoms. The first-order valence-electron chi connectivity index (χ1n) is 7.34. The van der Waals surface area contributed by atoms with Crippen molar-refractivity contribution in [1.82, 2.24) is 0 Å². The number of methoxy groups -OCH3 is 1. The van der Waals surface area contributed by atoms with Gasteiger partial charge in [0.15, 0.2) is 0 Å². The Balaban J connectivity index is 1.99. The summed E-state index contributed by atoms with van der Waals surface area (Å²) in [6, 6.07) is 16.1. The molecule has 0 radical (unpaired) electrons. The minimum absolute atomic E-state index is 0.254. The lowest BCUT2D eigenvalue weighted by molar-refractivity contribution is 0.102. The second kappa shape index (κ2) is 6.54. The monoisotopic (exact) mass is 357 g/mol. The molecule has 3 aromatic rings. The normalized spacial score (nSPS) is 11.3. The summed E-state index contributed by atoms with van der Waals surface area (Å²) in [5.74, 6) is 0.218. The van der Waals surface area contributed by atoms with Gasteiger partial charge in [-0.1, -0.05) is 24.3 Å². The van der Waals surface area contributed by atoms with Crippen molar-refractivity contribution in [3.63, 3.8) is 0 Å². The Kier molecular flexibility index (Phi) is 4.43. The number of fused-ring (bicyclic) bond motifs is 1. The molecule has 0 spiro atoms. The lowest BCUT2D eigenvalue weighted by Crippen LogP contribution is -2.12. The van der Waals surface area contributed by atoms with Gasteiger partial charge in [0.05, 0.1) is 7.11 Å². The van der Waals surface area contributed by atoms with Gasteiger partial charge in [0.25, 0.3) is 16.0 Å². The molecule has 7 heteroatoms. The zero-order valence-electron chi connectivity index (χ0n) is 13.3. The Labute approximate surface area is 144 Å². The number of rotatable bonds is 4. The molecular weight excluding hydrogens is 342 g/mol. The van der Waals surface area contributed by atoms with Crippen LogP contribution in [0.1, 0.15) is 10.4 Å². The van der Waals surface area contributed by atoms with E-state index >= 15 is 0 Å². The van der Waals surface area contributed by atoms with Crippen molar-refractivity contribution in [2.45, 2.75) is 4.90 Å². The van der Waals surface area contributed by atoms with E-state index in [4.69, 9.17) is 4.74 Å². The number of benzene rings is 3. The summed E-state index contributed by atoms with van der Waals surface area (Å²) in [6.45, 7) is 0. The van der Waals surface area contributed by atoms with Crippen LogP contribution in [0.2, 0.25) is 0 Å². The van der Waals surface area contributed by atoms with E-state index in [2.05, 4.69) is 5.32 Å². The number of hydrogen-bond donors (Lipinski definition) is 2. The summed E-state index contributed by atoms with van der Waals surface area (Å²) in [7, 11) is -2.90. The molecule has 2 N–H and O–H groups in total. The lowest BCUT2D eigenvalue weighted by Gasteiger charge is -2.10. The van der Waals surface area contributed by atoms with Crippen molar-refractivity contribution in [3.05, 3.63) is 66.2 Å². The molecule has 0 saturated carbocycles. The highest BCUT2D eigenvalue weighted by atomic mass is 32.2. The number of anilines is 1. The maximum atomic E-state index is 12.3. The van der Waals surface area contributed by atoms with E-state index in [1.807, 2.05) is 0 Å². The predicted octanol–water partition coefficient (Wildman–Crippen LogP) is 3.35. The molecule has 0 aliphatic heterocycles. The summed E-state index contributed by atoms with van der Waals surface area (Å²) >= 11 is 0. The van der Waals surface area contributed by atoms with Gasteiger partial charge in [-0.25, -0.2) is 0 Å². The van der Waals surface area contributed by atoms with Crippen molar-refractivity contribution < 1.29 is 22.5 Å². The molecule has 0 aliphatic carbocycles. The zero-order chi connectivity index (χ0) is 18.0. The first-order chi connectivity index (χ1) is 11.9. The molecule has 0 bridgehead atoms. The van der Waals surface area contributed by atoms with Crippen LogP contribution in [0.25, 0.3) is 10.8 Å². The van der Waals surface area contributed by atoms with E-state index in [1.165, 1.54) is 13.2 Å². The molecule has 3 rings (SSSR count). The molecule has 0 unspecified atom stereocenters. The molecule has 1 amide bonds. The third-order valence-corrected chi connectivity index (χ3v) is 4.61. The summed E-state index contributed by atoms with van der Waals surface area (Å²) in [4.78, 5) is 12.1. The van der Waals surface area contributed by atoms with Gasteiger partial charge in [-0.3, -0.25) is 9.35 Å². The van der Waals surface area contributed by atoms with Crippen LogP contribution in [0, 0.1) is 0 Å². The van der Waals surface area contributed by atoms with E-state index in [1.54, 1.807) is 54.6 Å². The van der Waals surface area contributed by atoms with Gasteiger partial charge >= 0.3 is 0 Å². The van der Waals surface area contributed by atoms with Gasteiger partial charge in [-0.2, -0.15) is 8.42 Å². The Morgan fingerprint density at radius 2 is 1.72 bits per heavy atom. The zero-order valence-corrected chi connectivity index (χ0v) is 14.1. The number of ether oxygens (including phenoxy) is 1. The molecular formula is C18H15NO5S. The molecule has 0 heterocycles. The van der Waals surface area contributed by atoms with Crippen LogP contribution in [0.15, 0.2) is 65.6 Å². The summed E-state index contributed by atoms with van der Waals surface area (Å²) in [5.41, 5.74) is 0.662. The number of nitrogens with one attached hydrogen (secondary N) is 1. The SMILES string of the molecule is COc1ccc(C(=O)Nc2cc(S(=O)(=O)O)c3ccccc3c2)cc1. The van der Waals surface area contributed by atoms with Crippen LogP contribution in [-0.4, -0.2) is 26.0 Å². The maximum absolute atomic E-state index is 12.3. The van der Waals surface area contributed by atoms with Gasteiger partial charge in [-0.05, 0) is 41.8 Å². The van der Waals surface area contributed by atoms with E-state index in [9.17, 15) is 17.8 Å². The van der Waals surface area contributed by atoms with E-state index in [0.717, 1.165) is 0 Å². The predicted molar refractivity (Wildman–Crippen MR) is 94.7 cm³/mol. The first kappa shape index (κ1) is 16.9. The number of hydrogen-bond acceptors (Lipinski definition) is 4. The molecule has 128 valence electrons. The summed E-state index contributed by atoms with van der Waals surface area (Å²) in [6.07, 6.45) is 0. The Morgan fingerprint density at radius 1 is 1.04 bits per heavy atom. The van der Waals surface area contributed by atoms with Gasteiger partial charge in [0.1, 0.15) is 10.6 Å². The minimum Gasteiger partial charge on any atom is -0.497 e.